The number of ether oxygens (including phenoxy) is 1. The van der Waals surface area contributed by atoms with Crippen LogP contribution < -0.4 is 5.32 Å². The average molecular weight is 226 g/mol. The van der Waals surface area contributed by atoms with E-state index in [1.165, 1.54) is 0 Å². The van der Waals surface area contributed by atoms with E-state index in [2.05, 4.69) is 12.2 Å². The first-order chi connectivity index (χ1) is 7.81. The van der Waals surface area contributed by atoms with Crippen molar-refractivity contribution in [3.63, 3.8) is 0 Å². The van der Waals surface area contributed by atoms with E-state index in [-0.39, 0.29) is 6.04 Å². The molecule has 1 unspecified atom stereocenters. The summed E-state index contributed by atoms with van der Waals surface area (Å²) in [5.74, 6) is 0.938. The van der Waals surface area contributed by atoms with Crippen molar-refractivity contribution in [2.75, 3.05) is 26.4 Å². The molecule has 2 heterocycles. The van der Waals surface area contributed by atoms with Crippen LogP contribution in [0.2, 0.25) is 0 Å². The molecule has 0 spiro atoms. The quantitative estimate of drug-likeness (QED) is 0.776. The van der Waals surface area contributed by atoms with Gasteiger partial charge < -0.3 is 9.64 Å². The molecule has 2 rings (SSSR count). The normalized spacial score (nSPS) is 27.7. The molecule has 16 heavy (non-hydrogen) atoms. The molecule has 0 radical (unpaired) electrons. The Labute approximate surface area is 97.3 Å². The molecule has 1 atom stereocenters. The van der Waals surface area contributed by atoms with Gasteiger partial charge in [0.15, 0.2) is 0 Å². The molecule has 0 saturated carbocycles. The second-order valence-electron chi connectivity index (χ2n) is 4.82. The molecule has 0 bridgehead atoms. The van der Waals surface area contributed by atoms with Gasteiger partial charge in [-0.05, 0) is 25.2 Å². The first-order valence-electron chi connectivity index (χ1n) is 6.41. The van der Waals surface area contributed by atoms with Gasteiger partial charge in [0.1, 0.15) is 0 Å². The van der Waals surface area contributed by atoms with Gasteiger partial charge in [-0.1, -0.05) is 13.3 Å². The lowest BCUT2D eigenvalue weighted by molar-refractivity contribution is -0.130. The van der Waals surface area contributed by atoms with Gasteiger partial charge in [0.2, 0.25) is 5.91 Å². The van der Waals surface area contributed by atoms with Crippen LogP contribution >= 0.6 is 0 Å². The van der Waals surface area contributed by atoms with Crippen LogP contribution in [-0.4, -0.2) is 43.3 Å². The molecule has 4 nitrogen and oxygen atoms in total. The fourth-order valence-corrected chi connectivity index (χ4v) is 2.52. The number of hydrogen-bond donors (Lipinski definition) is 1. The molecule has 2 fully saturated rings. The number of nitrogens with zero attached hydrogens (tertiary/aromatic N) is 1. The Balaban J connectivity index is 1.79. The van der Waals surface area contributed by atoms with Gasteiger partial charge in [0, 0.05) is 19.8 Å². The zero-order chi connectivity index (χ0) is 11.4. The third-order valence-electron chi connectivity index (χ3n) is 3.54. The van der Waals surface area contributed by atoms with Crippen LogP contribution in [0.3, 0.4) is 0 Å². The first-order valence-corrected chi connectivity index (χ1v) is 6.41. The number of hydrogen-bond acceptors (Lipinski definition) is 3. The lowest BCUT2D eigenvalue weighted by Crippen LogP contribution is -2.35. The fraction of sp³-hybridized carbons (Fsp3) is 0.917. The second-order valence-corrected chi connectivity index (χ2v) is 4.82. The van der Waals surface area contributed by atoms with Crippen molar-refractivity contribution in [1.82, 2.24) is 10.2 Å². The Morgan fingerprint density at radius 2 is 2.19 bits per heavy atom. The van der Waals surface area contributed by atoms with Gasteiger partial charge in [-0.3, -0.25) is 10.1 Å². The van der Waals surface area contributed by atoms with Crippen LogP contribution in [0.4, 0.5) is 0 Å². The third kappa shape index (κ3) is 2.74. The molecule has 0 aromatic rings. The summed E-state index contributed by atoms with van der Waals surface area (Å²) < 4.78 is 5.33. The van der Waals surface area contributed by atoms with Crippen molar-refractivity contribution >= 4 is 5.91 Å². The topological polar surface area (TPSA) is 41.6 Å². The van der Waals surface area contributed by atoms with E-state index in [4.69, 9.17) is 4.74 Å². The standard InChI is InChI=1S/C12H22N2O2/c1-2-3-11-12(15)14(9-13-11)8-10-4-6-16-7-5-10/h10-11,13H,2-9H2,1H3. The Bertz CT molecular complexity index is 239. The molecule has 2 aliphatic heterocycles. The highest BCUT2D eigenvalue weighted by molar-refractivity contribution is 5.83. The monoisotopic (exact) mass is 226 g/mol. The molecule has 0 aromatic carbocycles. The molecular formula is C12H22N2O2. The maximum atomic E-state index is 12.0. The highest BCUT2D eigenvalue weighted by Crippen LogP contribution is 2.18. The van der Waals surface area contributed by atoms with E-state index >= 15 is 0 Å². The highest BCUT2D eigenvalue weighted by atomic mass is 16.5. The maximum Gasteiger partial charge on any atom is 0.240 e. The molecule has 2 saturated heterocycles. The van der Waals surface area contributed by atoms with Gasteiger partial charge in [-0.15, -0.1) is 0 Å². The highest BCUT2D eigenvalue weighted by Gasteiger charge is 2.31. The van der Waals surface area contributed by atoms with E-state index in [1.807, 2.05) is 4.90 Å². The van der Waals surface area contributed by atoms with Crippen molar-refractivity contribution in [2.24, 2.45) is 5.92 Å². The SMILES string of the molecule is CCCC1NCN(CC2CCOCC2)C1=O. The van der Waals surface area contributed by atoms with Gasteiger partial charge in [-0.25, -0.2) is 0 Å². The molecule has 1 amide bonds. The van der Waals surface area contributed by atoms with Crippen LogP contribution in [0, 0.1) is 5.92 Å². The van der Waals surface area contributed by atoms with Crippen LogP contribution in [-0.2, 0) is 9.53 Å². The number of carbonyl (C=O) groups is 1. The molecular weight excluding hydrogens is 204 g/mol. The summed E-state index contributed by atoms with van der Waals surface area (Å²) in [6, 6.07) is 0.0739. The zero-order valence-electron chi connectivity index (χ0n) is 10.1. The summed E-state index contributed by atoms with van der Waals surface area (Å²) in [6.07, 6.45) is 4.22. The third-order valence-corrected chi connectivity index (χ3v) is 3.54. The van der Waals surface area contributed by atoms with Crippen molar-refractivity contribution in [2.45, 2.75) is 38.6 Å². The Kier molecular flexibility index (Phi) is 4.18. The van der Waals surface area contributed by atoms with Crippen LogP contribution in [0.1, 0.15) is 32.6 Å². The molecule has 92 valence electrons. The van der Waals surface area contributed by atoms with E-state index < -0.39 is 0 Å². The Morgan fingerprint density at radius 3 is 2.88 bits per heavy atom. The van der Waals surface area contributed by atoms with E-state index in [0.29, 0.717) is 11.8 Å². The number of rotatable bonds is 4. The second kappa shape index (κ2) is 5.64. The summed E-state index contributed by atoms with van der Waals surface area (Å²) in [5.41, 5.74) is 0. The predicted molar refractivity (Wildman–Crippen MR) is 62.0 cm³/mol. The van der Waals surface area contributed by atoms with Gasteiger partial charge >= 0.3 is 0 Å². The predicted octanol–water partition coefficient (Wildman–Crippen LogP) is 0.971. The van der Waals surface area contributed by atoms with Crippen molar-refractivity contribution in [3.05, 3.63) is 0 Å². The summed E-state index contributed by atoms with van der Waals surface area (Å²) in [4.78, 5) is 14.0. The molecule has 0 aromatic heterocycles. The average Bonchev–Trinajstić information content (AvgIpc) is 2.64. The summed E-state index contributed by atoms with van der Waals surface area (Å²) in [7, 11) is 0. The van der Waals surface area contributed by atoms with E-state index in [0.717, 1.165) is 52.1 Å². The van der Waals surface area contributed by atoms with Crippen LogP contribution in [0.25, 0.3) is 0 Å². The van der Waals surface area contributed by atoms with Gasteiger partial charge in [0.05, 0.1) is 12.7 Å². The minimum absolute atomic E-state index is 0.0739. The first kappa shape index (κ1) is 11.9. The van der Waals surface area contributed by atoms with Crippen molar-refractivity contribution in [1.29, 1.82) is 0 Å². The number of nitrogens with one attached hydrogen (secondary N) is 1. The lowest BCUT2D eigenvalue weighted by atomic mass is 10.00. The zero-order valence-corrected chi connectivity index (χ0v) is 10.1. The molecule has 0 aliphatic carbocycles. The minimum Gasteiger partial charge on any atom is -0.381 e. The van der Waals surface area contributed by atoms with Gasteiger partial charge in [0.25, 0.3) is 0 Å². The Hall–Kier alpha value is -0.610. The summed E-state index contributed by atoms with van der Waals surface area (Å²) >= 11 is 0. The maximum absolute atomic E-state index is 12.0. The Morgan fingerprint density at radius 1 is 1.44 bits per heavy atom. The van der Waals surface area contributed by atoms with Gasteiger partial charge in [-0.2, -0.15) is 0 Å². The smallest absolute Gasteiger partial charge is 0.240 e. The number of carbonyl (C=O) groups excluding carboxylic acids is 1. The van der Waals surface area contributed by atoms with E-state index in [1.54, 1.807) is 0 Å². The summed E-state index contributed by atoms with van der Waals surface area (Å²) in [5, 5.41) is 3.29. The number of amides is 1. The van der Waals surface area contributed by atoms with Crippen LogP contribution in [0.15, 0.2) is 0 Å². The largest absolute Gasteiger partial charge is 0.381 e. The van der Waals surface area contributed by atoms with Crippen molar-refractivity contribution < 1.29 is 9.53 Å². The lowest BCUT2D eigenvalue weighted by Gasteiger charge is -2.26. The van der Waals surface area contributed by atoms with Crippen LogP contribution in [0.5, 0.6) is 0 Å². The summed E-state index contributed by atoms with van der Waals surface area (Å²) in [6.45, 7) is 5.49. The van der Waals surface area contributed by atoms with E-state index in [9.17, 15) is 4.79 Å². The minimum atomic E-state index is 0.0739. The molecule has 1 N–H and O–H groups in total. The molecule has 2 aliphatic rings. The fourth-order valence-electron chi connectivity index (χ4n) is 2.52. The molecule has 4 heteroatoms. The van der Waals surface area contributed by atoms with Crippen molar-refractivity contribution in [3.8, 4) is 0 Å².